The zero-order valence-corrected chi connectivity index (χ0v) is 14.0. The van der Waals surface area contributed by atoms with Crippen molar-refractivity contribution in [1.29, 1.82) is 0 Å². The Kier molecular flexibility index (Phi) is 5.45. The van der Waals surface area contributed by atoms with Gasteiger partial charge in [-0.1, -0.05) is 19.9 Å². The molecule has 1 aromatic rings. The number of rotatable bonds is 5. The zero-order valence-electron chi connectivity index (χ0n) is 13.2. The lowest BCUT2D eigenvalue weighted by Crippen LogP contribution is -2.38. The van der Waals surface area contributed by atoms with Crippen LogP contribution in [-0.4, -0.2) is 32.7 Å². The summed E-state index contributed by atoms with van der Waals surface area (Å²) in [5, 5.41) is 2.98. The second kappa shape index (κ2) is 7.13. The van der Waals surface area contributed by atoms with Gasteiger partial charge in [-0.3, -0.25) is 9.10 Å². The summed E-state index contributed by atoms with van der Waals surface area (Å²) in [4.78, 5) is 12.3. The fourth-order valence-corrected chi connectivity index (χ4v) is 4.27. The Morgan fingerprint density at radius 1 is 1.27 bits per heavy atom. The summed E-state index contributed by atoms with van der Waals surface area (Å²) < 4.78 is 25.7. The number of carbonyl (C=O) groups excluding carboxylic acids is 1. The fraction of sp³-hybridized carbons (Fsp3) is 0.562. The van der Waals surface area contributed by atoms with E-state index in [1.165, 1.54) is 4.31 Å². The number of nitrogens with one attached hydrogen (secondary N) is 1. The van der Waals surface area contributed by atoms with Crippen LogP contribution in [0.3, 0.4) is 0 Å². The minimum atomic E-state index is -3.25. The molecular formula is C16H24N2O3S. The highest BCUT2D eigenvalue weighted by molar-refractivity contribution is 7.92. The van der Waals surface area contributed by atoms with Crippen molar-refractivity contribution in [2.24, 2.45) is 0 Å². The quantitative estimate of drug-likeness (QED) is 0.905. The standard InChI is InChI=1S/C16H24N2O3S/c1-3-14(4-2)17-16(19)13-8-7-9-15(12-13)18-10-5-6-11-22(18,20)21/h7-9,12,14H,3-6,10-11H2,1-2H3,(H,17,19). The third kappa shape index (κ3) is 3.80. The Balaban J connectivity index is 2.21. The maximum Gasteiger partial charge on any atom is 0.251 e. The van der Waals surface area contributed by atoms with Gasteiger partial charge in [0.1, 0.15) is 0 Å². The number of benzene rings is 1. The van der Waals surface area contributed by atoms with E-state index in [1.54, 1.807) is 24.3 Å². The number of carbonyl (C=O) groups is 1. The highest BCUT2D eigenvalue weighted by atomic mass is 32.2. The lowest BCUT2D eigenvalue weighted by molar-refractivity contribution is 0.0935. The molecule has 6 heteroatoms. The van der Waals surface area contributed by atoms with Crippen LogP contribution in [-0.2, 0) is 10.0 Å². The lowest BCUT2D eigenvalue weighted by Gasteiger charge is -2.28. The first-order valence-electron chi connectivity index (χ1n) is 7.89. The van der Waals surface area contributed by atoms with Crippen LogP contribution in [0.5, 0.6) is 0 Å². The Morgan fingerprint density at radius 2 is 2.00 bits per heavy atom. The summed E-state index contributed by atoms with van der Waals surface area (Å²) in [6.07, 6.45) is 3.31. The molecule has 1 amide bonds. The van der Waals surface area contributed by atoms with Crippen LogP contribution in [0.25, 0.3) is 0 Å². The molecule has 1 N–H and O–H groups in total. The average molecular weight is 324 g/mol. The molecule has 0 radical (unpaired) electrons. The number of amides is 1. The smallest absolute Gasteiger partial charge is 0.251 e. The number of anilines is 1. The van der Waals surface area contributed by atoms with E-state index in [9.17, 15) is 13.2 Å². The van der Waals surface area contributed by atoms with Crippen LogP contribution in [0.1, 0.15) is 49.9 Å². The van der Waals surface area contributed by atoms with Crippen LogP contribution in [0, 0.1) is 0 Å². The van der Waals surface area contributed by atoms with Crippen molar-refractivity contribution in [3.05, 3.63) is 29.8 Å². The molecule has 1 saturated heterocycles. The van der Waals surface area contributed by atoms with Crippen LogP contribution < -0.4 is 9.62 Å². The number of hydrogen-bond donors (Lipinski definition) is 1. The van der Waals surface area contributed by atoms with E-state index in [-0.39, 0.29) is 17.7 Å². The molecule has 1 aliphatic heterocycles. The second-order valence-electron chi connectivity index (χ2n) is 5.63. The van der Waals surface area contributed by atoms with Gasteiger partial charge < -0.3 is 5.32 Å². The van der Waals surface area contributed by atoms with Crippen molar-refractivity contribution in [2.75, 3.05) is 16.6 Å². The summed E-state index contributed by atoms with van der Waals surface area (Å²) in [5.41, 5.74) is 1.09. The summed E-state index contributed by atoms with van der Waals surface area (Å²) in [6.45, 7) is 4.55. The van der Waals surface area contributed by atoms with Crippen molar-refractivity contribution in [3.8, 4) is 0 Å². The highest BCUT2D eigenvalue weighted by Crippen LogP contribution is 2.24. The third-order valence-corrected chi connectivity index (χ3v) is 5.94. The Hall–Kier alpha value is -1.56. The maximum atomic E-state index is 12.3. The van der Waals surface area contributed by atoms with Crippen LogP contribution in [0.4, 0.5) is 5.69 Å². The minimum absolute atomic E-state index is 0.148. The molecule has 22 heavy (non-hydrogen) atoms. The molecule has 1 fully saturated rings. The van der Waals surface area contributed by atoms with Gasteiger partial charge in [0, 0.05) is 18.2 Å². The van der Waals surface area contributed by atoms with E-state index in [1.807, 2.05) is 13.8 Å². The molecule has 0 aromatic heterocycles. The van der Waals surface area contributed by atoms with Gasteiger partial charge in [0.25, 0.3) is 5.91 Å². The molecule has 2 rings (SSSR count). The molecule has 122 valence electrons. The fourth-order valence-electron chi connectivity index (χ4n) is 2.64. The molecule has 1 heterocycles. The van der Waals surface area contributed by atoms with Gasteiger partial charge in [0.2, 0.25) is 10.0 Å². The van der Waals surface area contributed by atoms with Crippen LogP contribution in [0.15, 0.2) is 24.3 Å². The van der Waals surface area contributed by atoms with Gasteiger partial charge in [-0.15, -0.1) is 0 Å². The predicted molar refractivity (Wildman–Crippen MR) is 88.6 cm³/mol. The largest absolute Gasteiger partial charge is 0.349 e. The highest BCUT2D eigenvalue weighted by Gasteiger charge is 2.26. The van der Waals surface area contributed by atoms with Crippen molar-refractivity contribution in [1.82, 2.24) is 5.32 Å². The van der Waals surface area contributed by atoms with Gasteiger partial charge in [0.15, 0.2) is 0 Å². The molecule has 0 atom stereocenters. The van der Waals surface area contributed by atoms with Gasteiger partial charge in [0.05, 0.1) is 11.4 Å². The summed E-state index contributed by atoms with van der Waals surface area (Å²) >= 11 is 0. The molecule has 0 bridgehead atoms. The van der Waals surface area contributed by atoms with E-state index in [0.29, 0.717) is 24.2 Å². The Labute approximate surface area is 132 Å². The Bertz CT molecular complexity index is 624. The van der Waals surface area contributed by atoms with Gasteiger partial charge in [-0.05, 0) is 43.9 Å². The molecule has 0 saturated carbocycles. The normalized spacial score (nSPS) is 17.5. The lowest BCUT2D eigenvalue weighted by atomic mass is 10.1. The van der Waals surface area contributed by atoms with Gasteiger partial charge >= 0.3 is 0 Å². The monoisotopic (exact) mass is 324 g/mol. The third-order valence-electron chi connectivity index (χ3n) is 4.07. The van der Waals surface area contributed by atoms with E-state index < -0.39 is 10.0 Å². The SMILES string of the molecule is CCC(CC)NC(=O)c1cccc(N2CCCCS2(=O)=O)c1. The summed E-state index contributed by atoms with van der Waals surface area (Å²) in [7, 11) is -3.25. The van der Waals surface area contributed by atoms with Crippen molar-refractivity contribution >= 4 is 21.6 Å². The van der Waals surface area contributed by atoms with Gasteiger partial charge in [-0.2, -0.15) is 0 Å². The first-order valence-corrected chi connectivity index (χ1v) is 9.50. The maximum absolute atomic E-state index is 12.3. The molecule has 0 spiro atoms. The van der Waals surface area contributed by atoms with E-state index in [2.05, 4.69) is 5.32 Å². The summed E-state index contributed by atoms with van der Waals surface area (Å²) in [6, 6.07) is 7.02. The molecular weight excluding hydrogens is 300 g/mol. The molecule has 5 nitrogen and oxygen atoms in total. The van der Waals surface area contributed by atoms with Gasteiger partial charge in [-0.25, -0.2) is 8.42 Å². The van der Waals surface area contributed by atoms with Crippen LogP contribution in [0.2, 0.25) is 0 Å². The van der Waals surface area contributed by atoms with Crippen LogP contribution >= 0.6 is 0 Å². The van der Waals surface area contributed by atoms with E-state index in [0.717, 1.165) is 19.3 Å². The topological polar surface area (TPSA) is 66.5 Å². The van der Waals surface area contributed by atoms with E-state index >= 15 is 0 Å². The van der Waals surface area contributed by atoms with Crippen molar-refractivity contribution in [2.45, 2.75) is 45.6 Å². The predicted octanol–water partition coefficient (Wildman–Crippen LogP) is 2.54. The Morgan fingerprint density at radius 3 is 2.64 bits per heavy atom. The average Bonchev–Trinajstić information content (AvgIpc) is 2.52. The zero-order chi connectivity index (χ0) is 16.2. The molecule has 1 aliphatic rings. The van der Waals surface area contributed by atoms with E-state index in [4.69, 9.17) is 0 Å². The molecule has 1 aromatic carbocycles. The first-order chi connectivity index (χ1) is 10.5. The van der Waals surface area contributed by atoms with Crippen molar-refractivity contribution in [3.63, 3.8) is 0 Å². The number of nitrogens with zero attached hydrogens (tertiary/aromatic N) is 1. The van der Waals surface area contributed by atoms with Crippen molar-refractivity contribution < 1.29 is 13.2 Å². The number of sulfonamides is 1. The second-order valence-corrected chi connectivity index (χ2v) is 7.65. The molecule has 0 aliphatic carbocycles. The first kappa shape index (κ1) is 16.8. The summed E-state index contributed by atoms with van der Waals surface area (Å²) in [5.74, 6) is 0.0296. The minimum Gasteiger partial charge on any atom is -0.349 e. The molecule has 0 unspecified atom stereocenters. The number of hydrogen-bond acceptors (Lipinski definition) is 3.